The minimum absolute atomic E-state index is 0.0276. The first-order valence-corrected chi connectivity index (χ1v) is 11.7. The summed E-state index contributed by atoms with van der Waals surface area (Å²) in [4.78, 5) is 4.11. The number of thiophene rings is 1. The van der Waals surface area contributed by atoms with Crippen LogP contribution in [0.2, 0.25) is 9.36 Å². The van der Waals surface area contributed by atoms with Gasteiger partial charge in [0.05, 0.1) is 15.4 Å². The van der Waals surface area contributed by atoms with Crippen LogP contribution >= 0.6 is 34.5 Å². The zero-order valence-corrected chi connectivity index (χ0v) is 16.8. The fraction of sp³-hybridized carbons (Fsp3) is 0.154. The van der Waals surface area contributed by atoms with E-state index in [0.717, 1.165) is 11.3 Å². The van der Waals surface area contributed by atoms with Crippen LogP contribution in [-0.2, 0) is 19.8 Å². The molecule has 2 aromatic rings. The van der Waals surface area contributed by atoms with Crippen molar-refractivity contribution in [2.75, 3.05) is 18.6 Å². The molecule has 1 aliphatic heterocycles. The number of halogens is 2. The van der Waals surface area contributed by atoms with Crippen molar-refractivity contribution in [3.8, 4) is 11.1 Å². The Hall–Kier alpha value is -1.33. The van der Waals surface area contributed by atoms with Crippen molar-refractivity contribution in [2.24, 2.45) is 4.99 Å². The summed E-state index contributed by atoms with van der Waals surface area (Å²) >= 11 is 13.5. The van der Waals surface area contributed by atoms with Crippen LogP contribution in [0.15, 0.2) is 32.3 Å². The molecule has 0 amide bonds. The fourth-order valence-electron chi connectivity index (χ4n) is 2.29. The van der Waals surface area contributed by atoms with Crippen molar-refractivity contribution in [1.29, 1.82) is 4.78 Å². The lowest BCUT2D eigenvalue weighted by molar-refractivity contribution is 0.594. The largest absolute Gasteiger partial charge is 0.323 e. The number of fused-ring (bicyclic) bond motifs is 1. The highest BCUT2D eigenvalue weighted by atomic mass is 35.5. The van der Waals surface area contributed by atoms with E-state index in [1.54, 1.807) is 6.07 Å². The molecule has 0 aliphatic carbocycles. The molecule has 7 nitrogen and oxygen atoms in total. The molecule has 0 radical (unpaired) electrons. The zero-order valence-electron chi connectivity index (χ0n) is 12.9. The van der Waals surface area contributed by atoms with Gasteiger partial charge in [-0.05, 0) is 12.1 Å². The molecule has 0 bridgehead atoms. The maximum absolute atomic E-state index is 12.3. The van der Waals surface area contributed by atoms with E-state index in [4.69, 9.17) is 28.0 Å². The first-order chi connectivity index (χ1) is 11.5. The van der Waals surface area contributed by atoms with Crippen LogP contribution in [0, 0.1) is 4.78 Å². The molecule has 134 valence electrons. The third kappa shape index (κ3) is 3.24. The lowest BCUT2D eigenvalue weighted by Gasteiger charge is -2.19. The van der Waals surface area contributed by atoms with Crippen molar-refractivity contribution >= 4 is 65.9 Å². The molecule has 0 saturated heterocycles. The van der Waals surface area contributed by atoms with Crippen LogP contribution in [-0.4, -0.2) is 31.9 Å². The molecule has 3 N–H and O–H groups in total. The van der Waals surface area contributed by atoms with Crippen molar-refractivity contribution in [2.45, 2.75) is 9.10 Å². The van der Waals surface area contributed by atoms with E-state index >= 15 is 0 Å². The van der Waals surface area contributed by atoms with Crippen LogP contribution < -0.4 is 10.0 Å². The summed E-state index contributed by atoms with van der Waals surface area (Å²) in [5, 5.41) is 3.11. The number of rotatable bonds is 2. The van der Waals surface area contributed by atoms with Gasteiger partial charge in [-0.1, -0.05) is 29.3 Å². The van der Waals surface area contributed by atoms with Crippen molar-refractivity contribution in [3.63, 3.8) is 0 Å². The van der Waals surface area contributed by atoms with E-state index in [1.807, 2.05) is 0 Å². The normalized spacial score (nSPS) is 19.6. The zero-order chi connectivity index (χ0) is 18.6. The molecule has 1 atom stereocenters. The van der Waals surface area contributed by atoms with Crippen LogP contribution in [0.25, 0.3) is 11.1 Å². The summed E-state index contributed by atoms with van der Waals surface area (Å²) in [6, 6.07) is 4.51. The molecule has 0 fully saturated rings. The highest BCUT2D eigenvalue weighted by Crippen LogP contribution is 2.49. The van der Waals surface area contributed by atoms with Gasteiger partial charge in [-0.15, -0.1) is 11.3 Å². The van der Waals surface area contributed by atoms with Gasteiger partial charge in [-0.25, -0.2) is 22.1 Å². The number of nitrogens with one attached hydrogen (secondary N) is 3. The molecular weight excluding hydrogens is 427 g/mol. The van der Waals surface area contributed by atoms with Gasteiger partial charge in [0.2, 0.25) is 5.96 Å². The van der Waals surface area contributed by atoms with E-state index < -0.39 is 19.8 Å². The number of hydrogen-bond acceptors (Lipinski definition) is 6. The molecule has 1 aromatic heterocycles. The SMILES string of the molecule is CN=C1Nc2c(sc(Cl)c2-c2ccc(S(C)(=N)=O)cc2Cl)S(=O)(=O)N1. The van der Waals surface area contributed by atoms with E-state index in [2.05, 4.69) is 15.0 Å². The van der Waals surface area contributed by atoms with E-state index in [9.17, 15) is 12.6 Å². The highest BCUT2D eigenvalue weighted by molar-refractivity contribution is 7.92. The van der Waals surface area contributed by atoms with Gasteiger partial charge < -0.3 is 5.32 Å². The Morgan fingerprint density at radius 2 is 2.00 bits per heavy atom. The lowest BCUT2D eigenvalue weighted by atomic mass is 10.1. The number of aliphatic imine (C=N–C) groups is 1. The highest BCUT2D eigenvalue weighted by Gasteiger charge is 2.33. The van der Waals surface area contributed by atoms with E-state index in [-0.39, 0.29) is 30.1 Å². The third-order valence-electron chi connectivity index (χ3n) is 3.43. The van der Waals surface area contributed by atoms with Crippen LogP contribution in [0.1, 0.15) is 0 Å². The smallest absolute Gasteiger partial charge is 0.275 e. The summed E-state index contributed by atoms with van der Waals surface area (Å²) in [6.07, 6.45) is 1.29. The van der Waals surface area contributed by atoms with Gasteiger partial charge in [0.25, 0.3) is 10.0 Å². The van der Waals surface area contributed by atoms with Crippen LogP contribution in [0.5, 0.6) is 0 Å². The molecule has 12 heteroatoms. The van der Waals surface area contributed by atoms with Crippen molar-refractivity contribution in [3.05, 3.63) is 27.6 Å². The summed E-state index contributed by atoms with van der Waals surface area (Å²) < 4.78 is 46.7. The second-order valence-corrected chi connectivity index (χ2v) is 11.3. The van der Waals surface area contributed by atoms with Gasteiger partial charge in [0, 0.05) is 34.3 Å². The lowest BCUT2D eigenvalue weighted by Crippen LogP contribution is -2.39. The van der Waals surface area contributed by atoms with Gasteiger partial charge in [0.1, 0.15) is 4.34 Å². The standard InChI is InChI=1S/C13H12Cl2N4O3S3/c1-17-13-18-10-9(11(15)23-12(10)25(21,22)19-13)7-4-3-6(5-8(7)14)24(2,16)20/h3-5,16H,1-2H3,(H2,17,18,19). The molecule has 3 rings (SSSR count). The predicted octanol–water partition coefficient (Wildman–Crippen LogP) is 3.45. The Labute approximate surface area is 159 Å². The second-order valence-electron chi connectivity index (χ2n) is 5.20. The Balaban J connectivity index is 2.26. The molecule has 1 aliphatic rings. The number of benzene rings is 1. The average Bonchev–Trinajstić information content (AvgIpc) is 2.83. The van der Waals surface area contributed by atoms with Crippen LogP contribution in [0.3, 0.4) is 0 Å². The van der Waals surface area contributed by atoms with Crippen molar-refractivity contribution in [1.82, 2.24) is 4.72 Å². The number of anilines is 1. The molecular formula is C13H12Cl2N4O3S3. The minimum atomic E-state index is -3.79. The molecule has 25 heavy (non-hydrogen) atoms. The maximum Gasteiger partial charge on any atom is 0.275 e. The Morgan fingerprint density at radius 3 is 2.56 bits per heavy atom. The first-order valence-electron chi connectivity index (χ1n) is 6.67. The summed E-state index contributed by atoms with van der Waals surface area (Å²) in [5.74, 6) is 0.0682. The number of sulfonamides is 1. The Morgan fingerprint density at radius 1 is 1.32 bits per heavy atom. The second kappa shape index (κ2) is 6.13. The van der Waals surface area contributed by atoms with Crippen molar-refractivity contribution < 1.29 is 12.6 Å². The topological polar surface area (TPSA) is 111 Å². The van der Waals surface area contributed by atoms with Crippen LogP contribution in [0.4, 0.5) is 5.69 Å². The third-order valence-corrected chi connectivity index (χ3v) is 8.16. The Bertz CT molecular complexity index is 1120. The maximum atomic E-state index is 12.3. The fourth-order valence-corrected chi connectivity index (χ4v) is 6.32. The average molecular weight is 439 g/mol. The summed E-state index contributed by atoms with van der Waals surface area (Å²) in [7, 11) is -5.27. The molecule has 2 heterocycles. The number of hydrogen-bond donors (Lipinski definition) is 3. The summed E-state index contributed by atoms with van der Waals surface area (Å²) in [5.41, 5.74) is 1.17. The van der Waals surface area contributed by atoms with E-state index in [1.165, 1.54) is 25.4 Å². The molecule has 1 unspecified atom stereocenters. The molecule has 0 spiro atoms. The van der Waals surface area contributed by atoms with Gasteiger partial charge in [0.15, 0.2) is 4.21 Å². The van der Waals surface area contributed by atoms with Gasteiger partial charge in [-0.3, -0.25) is 4.99 Å². The number of guanidine groups is 1. The van der Waals surface area contributed by atoms with Gasteiger partial charge >= 0.3 is 0 Å². The van der Waals surface area contributed by atoms with E-state index in [0.29, 0.717) is 11.1 Å². The Kier molecular flexibility index (Phi) is 4.53. The number of nitrogens with zero attached hydrogens (tertiary/aromatic N) is 1. The molecule has 0 saturated carbocycles. The molecule has 1 aromatic carbocycles. The minimum Gasteiger partial charge on any atom is -0.323 e. The predicted molar refractivity (Wildman–Crippen MR) is 102 cm³/mol. The monoisotopic (exact) mass is 438 g/mol. The quantitative estimate of drug-likeness (QED) is 0.666. The summed E-state index contributed by atoms with van der Waals surface area (Å²) in [6.45, 7) is 0. The first kappa shape index (κ1) is 18.5. The van der Waals surface area contributed by atoms with Gasteiger partial charge in [-0.2, -0.15) is 0 Å².